The normalized spacial score (nSPS) is 18.3. The lowest BCUT2D eigenvalue weighted by molar-refractivity contribution is -0.129. The largest absolute Gasteiger partial charge is 0.486 e. The molecule has 27 heavy (non-hydrogen) atoms. The van der Waals surface area contributed by atoms with Crippen LogP contribution in [0.25, 0.3) is 0 Å². The fraction of sp³-hybridized carbons (Fsp3) is 0.500. The van der Waals surface area contributed by atoms with Gasteiger partial charge in [0.2, 0.25) is 17.7 Å². The Hall–Kier alpha value is -2.81. The van der Waals surface area contributed by atoms with Gasteiger partial charge in [-0.15, -0.1) is 0 Å². The van der Waals surface area contributed by atoms with Crippen LogP contribution in [-0.2, 0) is 19.1 Å². The Labute approximate surface area is 156 Å². The number of benzene rings is 1. The van der Waals surface area contributed by atoms with Gasteiger partial charge in [0.15, 0.2) is 11.5 Å². The van der Waals surface area contributed by atoms with Crippen LogP contribution in [0.1, 0.15) is 6.42 Å². The molecule has 2 N–H and O–H groups in total. The van der Waals surface area contributed by atoms with Crippen molar-refractivity contribution in [3.05, 3.63) is 18.2 Å². The van der Waals surface area contributed by atoms with Gasteiger partial charge in [0.1, 0.15) is 13.2 Å². The summed E-state index contributed by atoms with van der Waals surface area (Å²) in [6.45, 7) is 1.87. The Morgan fingerprint density at radius 1 is 1.22 bits per heavy atom. The number of nitrogens with one attached hydrogen (secondary N) is 2. The van der Waals surface area contributed by atoms with E-state index in [4.69, 9.17) is 14.2 Å². The van der Waals surface area contributed by atoms with E-state index in [1.165, 1.54) is 0 Å². The third kappa shape index (κ3) is 4.68. The second-order valence-electron chi connectivity index (χ2n) is 6.29. The van der Waals surface area contributed by atoms with Gasteiger partial charge >= 0.3 is 0 Å². The summed E-state index contributed by atoms with van der Waals surface area (Å²) in [5.41, 5.74) is 0.664. The minimum Gasteiger partial charge on any atom is -0.486 e. The molecule has 146 valence electrons. The lowest BCUT2D eigenvalue weighted by Crippen LogP contribution is -2.41. The van der Waals surface area contributed by atoms with Gasteiger partial charge in [-0.05, 0) is 12.1 Å². The first-order valence-electron chi connectivity index (χ1n) is 8.82. The fourth-order valence-electron chi connectivity index (χ4n) is 3.00. The zero-order chi connectivity index (χ0) is 19.2. The van der Waals surface area contributed by atoms with Crippen LogP contribution in [0, 0.1) is 5.92 Å². The van der Waals surface area contributed by atoms with E-state index in [0.717, 1.165) is 0 Å². The van der Waals surface area contributed by atoms with Gasteiger partial charge < -0.3 is 29.7 Å². The lowest BCUT2D eigenvalue weighted by Gasteiger charge is -2.22. The third-order valence-electron chi connectivity index (χ3n) is 4.38. The van der Waals surface area contributed by atoms with Crippen LogP contribution in [0.5, 0.6) is 11.5 Å². The molecule has 0 aromatic heterocycles. The van der Waals surface area contributed by atoms with Crippen molar-refractivity contribution in [1.82, 2.24) is 10.6 Å². The standard InChI is InChI=1S/C18H23N3O6/c1-25-5-4-19-16(22)10-20-18(24)12-8-17(23)21(11-12)13-2-3-14-15(9-13)27-7-6-26-14/h2-3,9,12H,4-8,10-11H2,1H3,(H,19,22)(H,20,24)/t12-/m1/s1. The number of hydrogen-bond donors (Lipinski definition) is 2. The molecule has 9 nitrogen and oxygen atoms in total. The highest BCUT2D eigenvalue weighted by molar-refractivity contribution is 6.01. The van der Waals surface area contributed by atoms with E-state index in [0.29, 0.717) is 43.6 Å². The van der Waals surface area contributed by atoms with Crippen LogP contribution in [0.4, 0.5) is 5.69 Å². The number of amides is 3. The highest BCUT2D eigenvalue weighted by Gasteiger charge is 2.35. The molecule has 1 aromatic rings. The van der Waals surface area contributed by atoms with Gasteiger partial charge in [-0.3, -0.25) is 14.4 Å². The van der Waals surface area contributed by atoms with E-state index in [9.17, 15) is 14.4 Å². The molecule has 1 fully saturated rings. The molecular formula is C18H23N3O6. The maximum atomic E-state index is 12.4. The van der Waals surface area contributed by atoms with Crippen LogP contribution >= 0.6 is 0 Å². The van der Waals surface area contributed by atoms with Crippen molar-refractivity contribution in [3.8, 4) is 11.5 Å². The van der Waals surface area contributed by atoms with Crippen LogP contribution in [0.15, 0.2) is 18.2 Å². The van der Waals surface area contributed by atoms with Crippen molar-refractivity contribution < 1.29 is 28.6 Å². The van der Waals surface area contributed by atoms with E-state index in [1.807, 2.05) is 0 Å². The van der Waals surface area contributed by atoms with Gasteiger partial charge in [-0.1, -0.05) is 0 Å². The zero-order valence-corrected chi connectivity index (χ0v) is 15.2. The molecule has 0 saturated carbocycles. The Kier molecular flexibility index (Phi) is 6.12. The molecule has 0 bridgehead atoms. The SMILES string of the molecule is COCCNC(=O)CNC(=O)[C@@H]1CC(=O)N(c2ccc3c(c2)OCCO3)C1. The number of hydrogen-bond acceptors (Lipinski definition) is 6. The van der Waals surface area contributed by atoms with Crippen molar-refractivity contribution in [3.63, 3.8) is 0 Å². The Morgan fingerprint density at radius 2 is 2.00 bits per heavy atom. The topological polar surface area (TPSA) is 106 Å². The van der Waals surface area contributed by atoms with Gasteiger partial charge in [-0.25, -0.2) is 0 Å². The first-order valence-corrected chi connectivity index (χ1v) is 8.82. The lowest BCUT2D eigenvalue weighted by atomic mass is 10.1. The van der Waals surface area contributed by atoms with Crippen LogP contribution in [-0.4, -0.2) is 64.3 Å². The summed E-state index contributed by atoms with van der Waals surface area (Å²) < 4.78 is 15.9. The predicted molar refractivity (Wildman–Crippen MR) is 95.8 cm³/mol. The van der Waals surface area contributed by atoms with Crippen LogP contribution in [0.3, 0.4) is 0 Å². The molecule has 3 amide bonds. The first kappa shape index (κ1) is 19.0. The van der Waals surface area contributed by atoms with Crippen molar-refractivity contribution in [2.75, 3.05) is 51.5 Å². The Morgan fingerprint density at radius 3 is 2.78 bits per heavy atom. The number of carbonyl (C=O) groups excluding carboxylic acids is 3. The van der Waals surface area contributed by atoms with Gasteiger partial charge in [0, 0.05) is 38.4 Å². The van der Waals surface area contributed by atoms with Crippen molar-refractivity contribution in [2.24, 2.45) is 5.92 Å². The summed E-state index contributed by atoms with van der Waals surface area (Å²) in [7, 11) is 1.54. The minimum atomic E-state index is -0.502. The number of fused-ring (bicyclic) bond motifs is 1. The fourth-order valence-corrected chi connectivity index (χ4v) is 3.00. The highest BCUT2D eigenvalue weighted by atomic mass is 16.6. The smallest absolute Gasteiger partial charge is 0.239 e. The summed E-state index contributed by atoms with van der Waals surface area (Å²) >= 11 is 0. The summed E-state index contributed by atoms with van der Waals surface area (Å²) in [5.74, 6) is -0.0230. The summed E-state index contributed by atoms with van der Waals surface area (Å²) in [6.07, 6.45) is 0.103. The van der Waals surface area contributed by atoms with Crippen LogP contribution < -0.4 is 25.0 Å². The maximum Gasteiger partial charge on any atom is 0.239 e. The first-order chi connectivity index (χ1) is 13.1. The number of anilines is 1. The number of nitrogens with zero attached hydrogens (tertiary/aromatic N) is 1. The molecular weight excluding hydrogens is 354 g/mol. The summed E-state index contributed by atoms with van der Waals surface area (Å²) in [4.78, 5) is 37.8. The molecule has 0 radical (unpaired) electrons. The number of methoxy groups -OCH3 is 1. The van der Waals surface area contributed by atoms with E-state index >= 15 is 0 Å². The van der Waals surface area contributed by atoms with Crippen molar-refractivity contribution in [1.29, 1.82) is 0 Å². The quantitative estimate of drug-likeness (QED) is 0.632. The van der Waals surface area contributed by atoms with E-state index in [2.05, 4.69) is 10.6 Å². The van der Waals surface area contributed by atoms with Gasteiger partial charge in [0.25, 0.3) is 0 Å². The average molecular weight is 377 g/mol. The van der Waals surface area contributed by atoms with E-state index in [-0.39, 0.29) is 37.2 Å². The van der Waals surface area contributed by atoms with E-state index < -0.39 is 5.92 Å². The number of carbonyl (C=O) groups is 3. The predicted octanol–water partition coefficient (Wildman–Crippen LogP) is -0.310. The molecule has 2 aliphatic rings. The third-order valence-corrected chi connectivity index (χ3v) is 4.38. The molecule has 3 rings (SSSR count). The van der Waals surface area contributed by atoms with Gasteiger partial charge in [-0.2, -0.15) is 0 Å². The number of ether oxygens (including phenoxy) is 3. The molecule has 1 saturated heterocycles. The molecule has 0 unspecified atom stereocenters. The molecule has 1 atom stereocenters. The maximum absolute atomic E-state index is 12.4. The highest BCUT2D eigenvalue weighted by Crippen LogP contribution is 2.35. The van der Waals surface area contributed by atoms with Crippen LogP contribution in [0.2, 0.25) is 0 Å². The number of rotatable bonds is 7. The monoisotopic (exact) mass is 377 g/mol. The Bertz CT molecular complexity index is 723. The second kappa shape index (κ2) is 8.72. The summed E-state index contributed by atoms with van der Waals surface area (Å²) in [6, 6.07) is 5.28. The summed E-state index contributed by atoms with van der Waals surface area (Å²) in [5, 5.41) is 5.20. The zero-order valence-electron chi connectivity index (χ0n) is 15.2. The second-order valence-corrected chi connectivity index (χ2v) is 6.29. The molecule has 0 aliphatic carbocycles. The average Bonchev–Trinajstić information content (AvgIpc) is 3.07. The van der Waals surface area contributed by atoms with Crippen molar-refractivity contribution >= 4 is 23.4 Å². The molecule has 9 heteroatoms. The molecule has 2 heterocycles. The Balaban J connectivity index is 1.54. The van der Waals surface area contributed by atoms with Gasteiger partial charge in [0.05, 0.1) is 19.1 Å². The van der Waals surface area contributed by atoms with E-state index in [1.54, 1.807) is 30.2 Å². The molecule has 0 spiro atoms. The minimum absolute atomic E-state index is 0.103. The van der Waals surface area contributed by atoms with Crippen molar-refractivity contribution in [2.45, 2.75) is 6.42 Å². The molecule has 1 aromatic carbocycles. The molecule has 2 aliphatic heterocycles.